The van der Waals surface area contributed by atoms with Crippen LogP contribution < -0.4 is 0 Å². The Morgan fingerprint density at radius 1 is 0.296 bits per heavy atom. The minimum atomic E-state index is -0.782. The van der Waals surface area contributed by atoms with Gasteiger partial charge in [0.25, 0.3) is 0 Å². The Morgan fingerprint density at radius 3 is 0.887 bits per heavy atom. The molecule has 0 bridgehead atoms. The maximum absolute atomic E-state index is 12.8. The van der Waals surface area contributed by atoms with Gasteiger partial charge in [0.15, 0.2) is 6.10 Å². The number of unbranched alkanes of at least 4 members (excludes halogenated alkanes) is 23. The van der Waals surface area contributed by atoms with E-state index in [9.17, 15) is 14.4 Å². The van der Waals surface area contributed by atoms with Crippen molar-refractivity contribution in [2.45, 2.75) is 271 Å². The highest BCUT2D eigenvalue weighted by molar-refractivity contribution is 5.71. The average molecular weight is 986 g/mol. The first-order valence-corrected chi connectivity index (χ1v) is 29.4. The van der Waals surface area contributed by atoms with Crippen molar-refractivity contribution >= 4 is 17.9 Å². The van der Waals surface area contributed by atoms with Gasteiger partial charge in [-0.15, -0.1) is 0 Å². The van der Waals surface area contributed by atoms with Crippen LogP contribution in [0.5, 0.6) is 0 Å². The van der Waals surface area contributed by atoms with Gasteiger partial charge in [-0.2, -0.15) is 0 Å². The molecule has 0 saturated carbocycles. The predicted molar refractivity (Wildman–Crippen MR) is 307 cm³/mol. The van der Waals surface area contributed by atoms with E-state index in [4.69, 9.17) is 14.2 Å². The first-order valence-electron chi connectivity index (χ1n) is 29.4. The van der Waals surface area contributed by atoms with Crippen LogP contribution in [-0.2, 0) is 28.6 Å². The van der Waals surface area contributed by atoms with Crippen LogP contribution in [0.2, 0.25) is 0 Å². The second-order valence-electron chi connectivity index (χ2n) is 19.2. The van der Waals surface area contributed by atoms with Gasteiger partial charge in [0.1, 0.15) is 13.2 Å². The maximum Gasteiger partial charge on any atom is 0.306 e. The van der Waals surface area contributed by atoms with Crippen molar-refractivity contribution in [1.29, 1.82) is 0 Å². The summed E-state index contributed by atoms with van der Waals surface area (Å²) in [5, 5.41) is 0. The van der Waals surface area contributed by atoms with Crippen molar-refractivity contribution in [2.75, 3.05) is 13.2 Å². The van der Waals surface area contributed by atoms with Crippen LogP contribution in [0.4, 0.5) is 0 Å². The zero-order chi connectivity index (χ0) is 51.4. The van der Waals surface area contributed by atoms with Gasteiger partial charge in [0, 0.05) is 19.3 Å². The third-order valence-electron chi connectivity index (χ3n) is 12.3. The van der Waals surface area contributed by atoms with E-state index in [-0.39, 0.29) is 31.1 Å². The average Bonchev–Trinajstić information content (AvgIpc) is 3.37. The normalized spacial score (nSPS) is 12.9. The number of carbonyl (C=O) groups excluding carboxylic acids is 3. The smallest absolute Gasteiger partial charge is 0.306 e. The van der Waals surface area contributed by atoms with Crippen molar-refractivity contribution in [1.82, 2.24) is 0 Å². The summed E-state index contributed by atoms with van der Waals surface area (Å²) in [6, 6.07) is 0. The van der Waals surface area contributed by atoms with E-state index in [1.54, 1.807) is 0 Å². The molecular formula is C65H108O6. The molecule has 0 spiro atoms. The van der Waals surface area contributed by atoms with E-state index in [1.165, 1.54) is 96.3 Å². The molecule has 0 rings (SSSR count). The van der Waals surface area contributed by atoms with Gasteiger partial charge in [0.2, 0.25) is 0 Å². The van der Waals surface area contributed by atoms with E-state index in [0.717, 1.165) is 128 Å². The highest BCUT2D eigenvalue weighted by Gasteiger charge is 2.19. The molecule has 0 aromatic carbocycles. The summed E-state index contributed by atoms with van der Waals surface area (Å²) >= 11 is 0. The second-order valence-corrected chi connectivity index (χ2v) is 19.2. The maximum atomic E-state index is 12.8. The van der Waals surface area contributed by atoms with Crippen molar-refractivity contribution < 1.29 is 28.6 Å². The minimum Gasteiger partial charge on any atom is -0.462 e. The van der Waals surface area contributed by atoms with Gasteiger partial charge < -0.3 is 14.2 Å². The summed E-state index contributed by atoms with van der Waals surface area (Å²) in [6.07, 6.45) is 79.7. The first kappa shape index (κ1) is 67.1. The monoisotopic (exact) mass is 985 g/mol. The third kappa shape index (κ3) is 56.9. The molecule has 0 heterocycles. The lowest BCUT2D eigenvalue weighted by Gasteiger charge is -2.18. The molecule has 0 saturated heterocycles. The van der Waals surface area contributed by atoms with Crippen LogP contribution in [0.15, 0.2) is 109 Å². The van der Waals surface area contributed by atoms with E-state index in [0.29, 0.717) is 19.3 Å². The summed E-state index contributed by atoms with van der Waals surface area (Å²) < 4.78 is 16.7. The van der Waals surface area contributed by atoms with Crippen molar-refractivity contribution in [3.8, 4) is 0 Å². The number of rotatable bonds is 52. The lowest BCUT2D eigenvalue weighted by atomic mass is 10.1. The van der Waals surface area contributed by atoms with Gasteiger partial charge in [0.05, 0.1) is 0 Å². The molecule has 0 aromatic heterocycles. The summed E-state index contributed by atoms with van der Waals surface area (Å²) in [5.41, 5.74) is 0. The quantitative estimate of drug-likeness (QED) is 0.0261. The van der Waals surface area contributed by atoms with Crippen LogP contribution >= 0.6 is 0 Å². The number of hydrogen-bond donors (Lipinski definition) is 0. The van der Waals surface area contributed by atoms with Crippen LogP contribution in [0.1, 0.15) is 265 Å². The topological polar surface area (TPSA) is 78.9 Å². The Hall–Kier alpha value is -3.93. The van der Waals surface area contributed by atoms with E-state index in [2.05, 4.69) is 130 Å². The van der Waals surface area contributed by atoms with E-state index >= 15 is 0 Å². The van der Waals surface area contributed by atoms with E-state index in [1.807, 2.05) is 0 Å². The molecule has 71 heavy (non-hydrogen) atoms. The minimum absolute atomic E-state index is 0.0829. The Morgan fingerprint density at radius 2 is 0.549 bits per heavy atom. The zero-order valence-corrected chi connectivity index (χ0v) is 46.2. The van der Waals surface area contributed by atoms with Crippen LogP contribution in [-0.4, -0.2) is 37.2 Å². The molecule has 0 amide bonds. The molecule has 0 aromatic rings. The molecule has 1 atom stereocenters. The Bertz CT molecular complexity index is 1460. The number of ether oxygens (including phenoxy) is 3. The number of allylic oxidation sites excluding steroid dienone is 18. The standard InChI is InChI=1S/C65H108O6/c1-4-7-10-13-16-18-20-22-23-24-25-26-27-28-29-30-31-32-33-34-35-36-37-38-39-40-41-43-44-46-49-52-55-58-64(67)70-61-62(60-69-63(66)57-54-51-48-15-12-9-6-3)71-65(68)59-56-53-50-47-45-42-21-19-17-14-11-8-5-2/h7,10,16,18-19,21-23,25-26,28-29,31-32,34-35,37-38,62H,4-6,8-9,11-15,17,20,24,27,30,33,36,39-61H2,1-3H3/b10-7-,18-16-,21-19-,23-22-,26-25-,29-28-,32-31-,35-34-,38-37-. The molecule has 0 aliphatic rings. The number of esters is 3. The fourth-order valence-electron chi connectivity index (χ4n) is 7.86. The molecule has 404 valence electrons. The molecule has 0 aliphatic carbocycles. The third-order valence-corrected chi connectivity index (χ3v) is 12.3. The van der Waals surface area contributed by atoms with Gasteiger partial charge in [-0.3, -0.25) is 14.4 Å². The van der Waals surface area contributed by atoms with Crippen molar-refractivity contribution in [3.05, 3.63) is 109 Å². The molecular weight excluding hydrogens is 877 g/mol. The van der Waals surface area contributed by atoms with Gasteiger partial charge in [-0.05, 0) is 109 Å². The lowest BCUT2D eigenvalue weighted by Crippen LogP contribution is -2.30. The molecule has 0 fully saturated rings. The Balaban J connectivity index is 4.12. The summed E-state index contributed by atoms with van der Waals surface area (Å²) in [6.45, 7) is 6.45. The lowest BCUT2D eigenvalue weighted by molar-refractivity contribution is -0.167. The first-order chi connectivity index (χ1) is 35.0. The van der Waals surface area contributed by atoms with Crippen LogP contribution in [0.25, 0.3) is 0 Å². The van der Waals surface area contributed by atoms with Gasteiger partial charge in [-0.25, -0.2) is 0 Å². The fourth-order valence-corrected chi connectivity index (χ4v) is 7.86. The van der Waals surface area contributed by atoms with Crippen LogP contribution in [0, 0.1) is 0 Å². The highest BCUT2D eigenvalue weighted by atomic mass is 16.6. The number of carbonyl (C=O) groups is 3. The molecule has 0 radical (unpaired) electrons. The van der Waals surface area contributed by atoms with Crippen LogP contribution in [0.3, 0.4) is 0 Å². The zero-order valence-electron chi connectivity index (χ0n) is 46.2. The summed E-state index contributed by atoms with van der Waals surface area (Å²) in [4.78, 5) is 37.9. The van der Waals surface area contributed by atoms with Gasteiger partial charge in [-0.1, -0.05) is 246 Å². The molecule has 6 nitrogen and oxygen atoms in total. The molecule has 0 N–H and O–H groups in total. The SMILES string of the molecule is CC/C=C\C/C=C\C/C=C\C/C=C\C/C=C\C/C=C\C/C=C\C/C=C\CCCCCCCCCCC(=O)OCC(COC(=O)CCCCCCCCC)OC(=O)CCCCCCC/C=C\CCCCCC. The highest BCUT2D eigenvalue weighted by Crippen LogP contribution is 2.14. The van der Waals surface area contributed by atoms with Crippen molar-refractivity contribution in [3.63, 3.8) is 0 Å². The molecule has 0 aliphatic heterocycles. The second kappa shape index (κ2) is 58.6. The largest absolute Gasteiger partial charge is 0.462 e. The summed E-state index contributed by atoms with van der Waals surface area (Å²) in [7, 11) is 0. The predicted octanol–water partition coefficient (Wildman–Crippen LogP) is 19.9. The van der Waals surface area contributed by atoms with Gasteiger partial charge >= 0.3 is 17.9 Å². The fraction of sp³-hybridized carbons (Fsp3) is 0.677. The Labute approximate surface area is 438 Å². The number of hydrogen-bond acceptors (Lipinski definition) is 6. The molecule has 6 heteroatoms. The summed E-state index contributed by atoms with van der Waals surface area (Å²) in [5.74, 6) is -0.908. The Kier molecular flexibility index (Phi) is 55.4. The van der Waals surface area contributed by atoms with E-state index < -0.39 is 6.10 Å². The van der Waals surface area contributed by atoms with Crippen molar-refractivity contribution in [2.24, 2.45) is 0 Å². The molecule has 1 unspecified atom stereocenters.